The maximum atomic E-state index is 8.81. The fourth-order valence-electron chi connectivity index (χ4n) is 0.738. The lowest BCUT2D eigenvalue weighted by atomic mass is 10.2. The monoisotopic (exact) mass is 152 g/mol. The minimum Gasteiger partial charge on any atom is -0.392 e. The second kappa shape index (κ2) is 7.29. The van der Waals surface area contributed by atoms with Gasteiger partial charge in [-0.1, -0.05) is 37.3 Å². The van der Waals surface area contributed by atoms with E-state index in [1.165, 1.54) is 0 Å². The van der Waals surface area contributed by atoms with E-state index in [2.05, 4.69) is 6.92 Å². The Labute approximate surface area is 68.7 Å². The van der Waals surface area contributed by atoms with Crippen molar-refractivity contribution in [1.29, 1.82) is 0 Å². The average Bonchev–Trinajstić information content (AvgIpc) is 2.03. The SMILES string of the molecule is C/C=C/C=C\C(=C/CC)CO. The molecule has 0 bridgehead atoms. The van der Waals surface area contributed by atoms with Crippen LogP contribution in [0.3, 0.4) is 0 Å². The molecule has 0 aliphatic heterocycles. The van der Waals surface area contributed by atoms with Crippen LogP contribution >= 0.6 is 0 Å². The van der Waals surface area contributed by atoms with Crippen LogP contribution in [0.25, 0.3) is 0 Å². The highest BCUT2D eigenvalue weighted by molar-refractivity contribution is 5.22. The van der Waals surface area contributed by atoms with Gasteiger partial charge >= 0.3 is 0 Å². The number of hydrogen-bond donors (Lipinski definition) is 1. The van der Waals surface area contributed by atoms with E-state index >= 15 is 0 Å². The Bertz CT molecular complexity index is 164. The summed E-state index contributed by atoms with van der Waals surface area (Å²) in [5.74, 6) is 0. The van der Waals surface area contributed by atoms with Crippen molar-refractivity contribution in [2.45, 2.75) is 20.3 Å². The number of hydrogen-bond acceptors (Lipinski definition) is 1. The van der Waals surface area contributed by atoms with Gasteiger partial charge in [0.1, 0.15) is 0 Å². The molecule has 0 amide bonds. The van der Waals surface area contributed by atoms with Crippen LogP contribution < -0.4 is 0 Å². The first-order chi connectivity index (χ1) is 5.35. The van der Waals surface area contributed by atoms with Gasteiger partial charge in [0.05, 0.1) is 6.61 Å². The molecule has 11 heavy (non-hydrogen) atoms. The third-order valence-corrected chi connectivity index (χ3v) is 1.26. The van der Waals surface area contributed by atoms with E-state index in [1.807, 2.05) is 37.3 Å². The number of allylic oxidation sites excluding steroid dienone is 4. The van der Waals surface area contributed by atoms with Gasteiger partial charge in [-0.2, -0.15) is 0 Å². The Morgan fingerprint density at radius 2 is 2.09 bits per heavy atom. The highest BCUT2D eigenvalue weighted by atomic mass is 16.3. The summed E-state index contributed by atoms with van der Waals surface area (Å²) in [7, 11) is 0. The molecular formula is C10H16O. The normalized spacial score (nSPS) is 13.5. The third kappa shape index (κ3) is 5.62. The molecule has 1 N–H and O–H groups in total. The van der Waals surface area contributed by atoms with Crippen LogP contribution in [0.1, 0.15) is 20.3 Å². The Balaban J connectivity index is 3.96. The summed E-state index contributed by atoms with van der Waals surface area (Å²) in [6.45, 7) is 4.15. The predicted octanol–water partition coefficient (Wildman–Crippen LogP) is 2.45. The van der Waals surface area contributed by atoms with E-state index in [1.54, 1.807) is 0 Å². The molecular weight excluding hydrogens is 136 g/mol. The summed E-state index contributed by atoms with van der Waals surface area (Å²) in [6.07, 6.45) is 10.7. The van der Waals surface area contributed by atoms with Crippen molar-refractivity contribution in [2.75, 3.05) is 6.61 Å². The van der Waals surface area contributed by atoms with Crippen molar-refractivity contribution < 1.29 is 5.11 Å². The third-order valence-electron chi connectivity index (χ3n) is 1.26. The van der Waals surface area contributed by atoms with Gasteiger partial charge < -0.3 is 5.11 Å². The fraction of sp³-hybridized carbons (Fsp3) is 0.400. The zero-order chi connectivity index (χ0) is 8.53. The van der Waals surface area contributed by atoms with Gasteiger partial charge in [-0.15, -0.1) is 0 Å². The van der Waals surface area contributed by atoms with Gasteiger partial charge in [0, 0.05) is 0 Å². The molecule has 0 fully saturated rings. The predicted molar refractivity (Wildman–Crippen MR) is 49.4 cm³/mol. The average molecular weight is 152 g/mol. The molecule has 0 heterocycles. The van der Waals surface area contributed by atoms with Crippen LogP contribution in [0.4, 0.5) is 0 Å². The minimum atomic E-state index is 0.127. The van der Waals surface area contributed by atoms with E-state index < -0.39 is 0 Å². The lowest BCUT2D eigenvalue weighted by Crippen LogP contribution is -1.84. The second-order valence-corrected chi connectivity index (χ2v) is 2.23. The molecule has 0 saturated carbocycles. The summed E-state index contributed by atoms with van der Waals surface area (Å²) < 4.78 is 0. The van der Waals surface area contributed by atoms with Crippen molar-refractivity contribution in [3.05, 3.63) is 36.0 Å². The van der Waals surface area contributed by atoms with E-state index in [9.17, 15) is 0 Å². The Hall–Kier alpha value is -0.820. The van der Waals surface area contributed by atoms with Crippen molar-refractivity contribution in [1.82, 2.24) is 0 Å². The van der Waals surface area contributed by atoms with E-state index in [0.29, 0.717) is 0 Å². The summed E-state index contributed by atoms with van der Waals surface area (Å²) >= 11 is 0. The smallest absolute Gasteiger partial charge is 0.0678 e. The molecule has 62 valence electrons. The van der Waals surface area contributed by atoms with E-state index in [4.69, 9.17) is 5.11 Å². The van der Waals surface area contributed by atoms with Crippen LogP contribution in [0.15, 0.2) is 36.0 Å². The Morgan fingerprint density at radius 1 is 1.36 bits per heavy atom. The van der Waals surface area contributed by atoms with Gasteiger partial charge in [0.15, 0.2) is 0 Å². The summed E-state index contributed by atoms with van der Waals surface area (Å²) in [6, 6.07) is 0. The fourth-order valence-corrected chi connectivity index (χ4v) is 0.738. The van der Waals surface area contributed by atoms with Gasteiger partial charge in [-0.3, -0.25) is 0 Å². The molecule has 0 aromatic carbocycles. The first-order valence-electron chi connectivity index (χ1n) is 3.94. The van der Waals surface area contributed by atoms with Crippen LogP contribution in [0.2, 0.25) is 0 Å². The van der Waals surface area contributed by atoms with E-state index in [-0.39, 0.29) is 6.61 Å². The van der Waals surface area contributed by atoms with Crippen LogP contribution in [-0.4, -0.2) is 11.7 Å². The molecule has 0 atom stereocenters. The molecule has 0 aliphatic carbocycles. The lowest BCUT2D eigenvalue weighted by Gasteiger charge is -1.92. The number of rotatable bonds is 4. The molecule has 1 heteroatoms. The number of aliphatic hydroxyl groups is 1. The second-order valence-electron chi connectivity index (χ2n) is 2.23. The summed E-state index contributed by atoms with van der Waals surface area (Å²) in [5.41, 5.74) is 0.977. The molecule has 0 radical (unpaired) electrons. The van der Waals surface area contributed by atoms with Crippen LogP contribution in [0, 0.1) is 0 Å². The first-order valence-corrected chi connectivity index (χ1v) is 3.94. The van der Waals surface area contributed by atoms with Crippen molar-refractivity contribution in [3.8, 4) is 0 Å². The zero-order valence-corrected chi connectivity index (χ0v) is 7.25. The summed E-state index contributed by atoms with van der Waals surface area (Å²) in [5, 5.41) is 8.81. The van der Waals surface area contributed by atoms with Gasteiger partial charge in [0.25, 0.3) is 0 Å². The molecule has 0 aromatic heterocycles. The van der Waals surface area contributed by atoms with Crippen molar-refractivity contribution >= 4 is 0 Å². The van der Waals surface area contributed by atoms with Gasteiger partial charge in [-0.05, 0) is 18.9 Å². The number of aliphatic hydroxyl groups excluding tert-OH is 1. The molecule has 0 aliphatic rings. The molecule has 0 saturated heterocycles. The largest absolute Gasteiger partial charge is 0.392 e. The zero-order valence-electron chi connectivity index (χ0n) is 7.25. The molecule has 0 spiro atoms. The van der Waals surface area contributed by atoms with Gasteiger partial charge in [0.2, 0.25) is 0 Å². The highest BCUT2D eigenvalue weighted by Gasteiger charge is 1.84. The maximum Gasteiger partial charge on any atom is 0.0678 e. The molecule has 0 rings (SSSR count). The van der Waals surface area contributed by atoms with Crippen LogP contribution in [0.5, 0.6) is 0 Å². The topological polar surface area (TPSA) is 20.2 Å². The Morgan fingerprint density at radius 3 is 2.55 bits per heavy atom. The van der Waals surface area contributed by atoms with Crippen LogP contribution in [-0.2, 0) is 0 Å². The Kier molecular flexibility index (Phi) is 6.75. The molecule has 1 nitrogen and oxygen atoms in total. The first kappa shape index (κ1) is 10.2. The highest BCUT2D eigenvalue weighted by Crippen LogP contribution is 1.97. The van der Waals surface area contributed by atoms with Crippen molar-refractivity contribution in [2.24, 2.45) is 0 Å². The maximum absolute atomic E-state index is 8.81. The minimum absolute atomic E-state index is 0.127. The van der Waals surface area contributed by atoms with Crippen molar-refractivity contribution in [3.63, 3.8) is 0 Å². The summed E-state index contributed by atoms with van der Waals surface area (Å²) in [4.78, 5) is 0. The lowest BCUT2D eigenvalue weighted by molar-refractivity contribution is 0.334. The quantitative estimate of drug-likeness (QED) is 0.613. The molecule has 0 aromatic rings. The van der Waals surface area contributed by atoms with Gasteiger partial charge in [-0.25, -0.2) is 0 Å². The van der Waals surface area contributed by atoms with E-state index in [0.717, 1.165) is 12.0 Å². The standard InChI is InChI=1S/C10H16O/c1-3-5-6-8-10(9-11)7-4-2/h3,5-8,11H,4,9H2,1-2H3/b5-3+,8-6-,10-7+. The molecule has 0 unspecified atom stereocenters.